The van der Waals surface area contributed by atoms with Gasteiger partial charge in [0.25, 0.3) is 0 Å². The quantitative estimate of drug-likeness (QED) is 0.687. The largest absolute Gasteiger partial charge is 0.307 e. The third-order valence-electron chi connectivity index (χ3n) is 7.17. The van der Waals surface area contributed by atoms with Crippen molar-refractivity contribution in [2.75, 3.05) is 33.2 Å². The molecule has 0 amide bonds. The molecule has 0 saturated carbocycles. The summed E-state index contributed by atoms with van der Waals surface area (Å²) in [5.74, 6) is 0.306. The fourth-order valence-electron chi connectivity index (χ4n) is 5.76. The van der Waals surface area contributed by atoms with E-state index in [1.807, 2.05) is 30.0 Å². The van der Waals surface area contributed by atoms with Gasteiger partial charge in [-0.2, -0.15) is 0 Å². The molecule has 0 radical (unpaired) electrons. The molecule has 5 rings (SSSR count). The van der Waals surface area contributed by atoms with Gasteiger partial charge < -0.3 is 4.48 Å². The summed E-state index contributed by atoms with van der Waals surface area (Å²) in [6, 6.07) is 8.10. The average Bonchev–Trinajstić information content (AvgIpc) is 2.96. The van der Waals surface area contributed by atoms with E-state index >= 15 is 0 Å². The molecule has 0 bridgehead atoms. The SMILES string of the molecule is C[N+]1(CC2=CC3C(=O)c4ccccc4SC3C=C2)CCCN2CCCCCC21. The van der Waals surface area contributed by atoms with E-state index in [0.717, 1.165) is 21.5 Å². The maximum atomic E-state index is 13.1. The van der Waals surface area contributed by atoms with Gasteiger partial charge in [-0.05, 0) is 18.9 Å². The Kier molecular flexibility index (Phi) is 4.98. The number of carbonyl (C=O) groups excluding carboxylic acids is 1. The topological polar surface area (TPSA) is 20.3 Å². The van der Waals surface area contributed by atoms with E-state index in [1.54, 1.807) is 0 Å². The standard InChI is InChI=1S/C24H31N2OS/c1-26(15-7-14-25-13-6-2-3-10-23(25)26)17-18-11-12-22-20(16-18)24(27)19-8-4-5-9-21(19)28-22/h4-5,8-9,11-12,16,20,22-23H,2-3,6-7,10,13-15,17H2,1H3/q+1. The zero-order valence-electron chi connectivity index (χ0n) is 16.8. The molecule has 1 aromatic carbocycles. The summed E-state index contributed by atoms with van der Waals surface area (Å²) in [5, 5.41) is 0.257. The van der Waals surface area contributed by atoms with Gasteiger partial charge in [-0.15, -0.1) is 11.8 Å². The second-order valence-corrected chi connectivity index (χ2v) is 10.4. The van der Waals surface area contributed by atoms with Crippen molar-refractivity contribution in [3.8, 4) is 0 Å². The lowest BCUT2D eigenvalue weighted by atomic mass is 9.87. The Morgan fingerprint density at radius 2 is 2.00 bits per heavy atom. The monoisotopic (exact) mass is 395 g/mol. The smallest absolute Gasteiger partial charge is 0.172 e. The molecule has 4 heteroatoms. The molecule has 4 unspecified atom stereocenters. The highest BCUT2D eigenvalue weighted by Crippen LogP contribution is 2.42. The predicted molar refractivity (Wildman–Crippen MR) is 115 cm³/mol. The Balaban J connectivity index is 1.39. The Bertz CT molecular complexity index is 832. The molecule has 3 aliphatic heterocycles. The van der Waals surface area contributed by atoms with Gasteiger partial charge in [-0.3, -0.25) is 9.69 Å². The summed E-state index contributed by atoms with van der Waals surface area (Å²) < 4.78 is 1.12. The minimum absolute atomic E-state index is 0.00141. The average molecular weight is 396 g/mol. The van der Waals surface area contributed by atoms with E-state index in [9.17, 15) is 4.79 Å². The van der Waals surface area contributed by atoms with Gasteiger partial charge in [0, 0.05) is 47.2 Å². The predicted octanol–water partition coefficient (Wildman–Crippen LogP) is 4.51. The molecule has 4 aliphatic rings. The summed E-state index contributed by atoms with van der Waals surface area (Å²) >= 11 is 1.85. The number of rotatable bonds is 2. The van der Waals surface area contributed by atoms with Gasteiger partial charge in [0.15, 0.2) is 5.78 Å². The van der Waals surface area contributed by atoms with Crippen LogP contribution in [0.15, 0.2) is 53.0 Å². The molecule has 0 spiro atoms. The summed E-state index contributed by atoms with van der Waals surface area (Å²) in [4.78, 5) is 17.0. The van der Waals surface area contributed by atoms with Crippen molar-refractivity contribution in [3.63, 3.8) is 0 Å². The van der Waals surface area contributed by atoms with Gasteiger partial charge in [0.1, 0.15) is 12.7 Å². The fourth-order valence-corrected chi connectivity index (χ4v) is 7.02. The number of nitrogens with zero attached hydrogens (tertiary/aromatic N) is 2. The summed E-state index contributed by atoms with van der Waals surface area (Å²) in [6.07, 6.45) is 14.3. The van der Waals surface area contributed by atoms with Crippen LogP contribution in [0.4, 0.5) is 0 Å². The molecule has 1 aromatic rings. The first kappa shape index (κ1) is 18.7. The normalized spacial score (nSPS) is 35.4. The van der Waals surface area contributed by atoms with E-state index in [4.69, 9.17) is 0 Å². The number of hydrogen-bond donors (Lipinski definition) is 0. The highest BCUT2D eigenvalue weighted by molar-refractivity contribution is 8.00. The number of thioether (sulfide) groups is 1. The van der Waals surface area contributed by atoms with Crippen molar-refractivity contribution in [1.29, 1.82) is 0 Å². The number of hydrogen-bond acceptors (Lipinski definition) is 3. The number of likely N-dealkylation sites (N-methyl/N-ethyl adjacent to an activating group) is 1. The van der Waals surface area contributed by atoms with Crippen molar-refractivity contribution in [3.05, 3.63) is 53.6 Å². The lowest BCUT2D eigenvalue weighted by Crippen LogP contribution is -2.64. The van der Waals surface area contributed by atoms with Crippen LogP contribution >= 0.6 is 11.8 Å². The summed E-state index contributed by atoms with van der Waals surface area (Å²) in [5.41, 5.74) is 2.27. The first-order chi connectivity index (χ1) is 13.6. The van der Waals surface area contributed by atoms with Gasteiger partial charge in [-0.25, -0.2) is 0 Å². The van der Waals surface area contributed by atoms with Crippen LogP contribution in [0.2, 0.25) is 0 Å². The first-order valence-electron chi connectivity index (χ1n) is 10.9. The Labute approximate surface area is 173 Å². The molecular weight excluding hydrogens is 364 g/mol. The van der Waals surface area contributed by atoms with Gasteiger partial charge in [-0.1, -0.05) is 42.8 Å². The van der Waals surface area contributed by atoms with Crippen LogP contribution in [0, 0.1) is 5.92 Å². The zero-order chi connectivity index (χ0) is 19.1. The molecule has 4 atom stereocenters. The molecule has 2 saturated heterocycles. The van der Waals surface area contributed by atoms with Crippen LogP contribution in [0.25, 0.3) is 0 Å². The molecule has 3 nitrogen and oxygen atoms in total. The number of quaternary nitrogens is 1. The van der Waals surface area contributed by atoms with E-state index in [1.165, 1.54) is 57.3 Å². The van der Waals surface area contributed by atoms with Crippen LogP contribution in [0.3, 0.4) is 0 Å². The van der Waals surface area contributed by atoms with Crippen molar-refractivity contribution in [1.82, 2.24) is 4.90 Å². The Morgan fingerprint density at radius 1 is 1.14 bits per heavy atom. The number of fused-ring (bicyclic) bond motifs is 3. The molecule has 3 heterocycles. The van der Waals surface area contributed by atoms with Gasteiger partial charge in [0.05, 0.1) is 19.5 Å². The maximum Gasteiger partial charge on any atom is 0.172 e. The zero-order valence-corrected chi connectivity index (χ0v) is 17.7. The van der Waals surface area contributed by atoms with Crippen molar-refractivity contribution in [2.45, 2.75) is 48.4 Å². The van der Waals surface area contributed by atoms with Crippen LogP contribution in [-0.4, -0.2) is 59.8 Å². The lowest BCUT2D eigenvalue weighted by molar-refractivity contribution is -0.946. The Morgan fingerprint density at radius 3 is 2.93 bits per heavy atom. The Hall–Kier alpha value is -1.36. The van der Waals surface area contributed by atoms with Gasteiger partial charge >= 0.3 is 0 Å². The van der Waals surface area contributed by atoms with Crippen LogP contribution < -0.4 is 0 Å². The molecule has 148 valence electrons. The first-order valence-corrected chi connectivity index (χ1v) is 11.8. The molecule has 2 fully saturated rings. The fraction of sp³-hybridized carbons (Fsp3) is 0.542. The third-order valence-corrected chi connectivity index (χ3v) is 8.51. The van der Waals surface area contributed by atoms with Crippen LogP contribution in [0.1, 0.15) is 42.5 Å². The van der Waals surface area contributed by atoms with Crippen LogP contribution in [0.5, 0.6) is 0 Å². The molecule has 1 aliphatic carbocycles. The molecule has 0 N–H and O–H groups in total. The summed E-state index contributed by atoms with van der Waals surface area (Å²) in [7, 11) is 2.45. The van der Waals surface area contributed by atoms with E-state index < -0.39 is 0 Å². The number of ketones is 1. The highest BCUT2D eigenvalue weighted by Gasteiger charge is 2.42. The second kappa shape index (κ2) is 7.47. The number of allylic oxidation sites excluding steroid dienone is 1. The van der Waals surface area contributed by atoms with E-state index in [2.05, 4.69) is 36.2 Å². The van der Waals surface area contributed by atoms with Gasteiger partial charge in [0.2, 0.25) is 0 Å². The lowest BCUT2D eigenvalue weighted by Gasteiger charge is -2.50. The molecular formula is C24H31N2OS+. The van der Waals surface area contributed by atoms with Crippen molar-refractivity contribution in [2.24, 2.45) is 5.92 Å². The highest BCUT2D eigenvalue weighted by atomic mass is 32.2. The minimum Gasteiger partial charge on any atom is -0.307 e. The number of Topliss-reactive ketones (excluding diaryl/α,β-unsaturated/α-hetero) is 1. The molecule has 0 aromatic heterocycles. The minimum atomic E-state index is 0.00141. The third kappa shape index (κ3) is 3.30. The van der Waals surface area contributed by atoms with Crippen molar-refractivity contribution < 1.29 is 9.28 Å². The molecule has 28 heavy (non-hydrogen) atoms. The second-order valence-electron chi connectivity index (χ2n) is 9.15. The maximum absolute atomic E-state index is 13.1. The number of carbonyl (C=O) groups is 1. The van der Waals surface area contributed by atoms with Crippen LogP contribution in [-0.2, 0) is 0 Å². The van der Waals surface area contributed by atoms with E-state index in [0.29, 0.717) is 11.9 Å². The summed E-state index contributed by atoms with van der Waals surface area (Å²) in [6.45, 7) is 4.85. The van der Waals surface area contributed by atoms with E-state index in [-0.39, 0.29) is 11.2 Å². The van der Waals surface area contributed by atoms with Crippen molar-refractivity contribution >= 4 is 17.5 Å². The number of benzene rings is 1.